The van der Waals surface area contributed by atoms with Gasteiger partial charge in [0.2, 0.25) is 0 Å². The molecule has 2 nitrogen and oxygen atoms in total. The van der Waals surface area contributed by atoms with Crippen molar-refractivity contribution in [2.75, 3.05) is 7.11 Å². The Balaban J connectivity index is 1.64. The van der Waals surface area contributed by atoms with Crippen LogP contribution in [-0.4, -0.2) is 12.9 Å². The summed E-state index contributed by atoms with van der Waals surface area (Å²) < 4.78 is 5.29. The van der Waals surface area contributed by atoms with Crippen LogP contribution in [0.25, 0.3) is 0 Å². The highest BCUT2D eigenvalue weighted by Crippen LogP contribution is 2.62. The van der Waals surface area contributed by atoms with E-state index < -0.39 is 0 Å². The summed E-state index contributed by atoms with van der Waals surface area (Å²) in [5.74, 6) is 0.919. The van der Waals surface area contributed by atoms with Crippen LogP contribution in [0.15, 0.2) is 109 Å². The number of ether oxygens (including phenoxy) is 1. The standard InChI is InChI=1S/C31H28O2/c1-22-13-15-23(16-14-22)29-28(30(32)24-17-19-27(33-2)20-18-24)21-31(29,25-9-5-3-6-10-25)26-11-7-4-8-12-26/h3-20,28-29H,21H2,1-2H3/t28?,29-/m0/s1. The van der Waals surface area contributed by atoms with E-state index in [4.69, 9.17) is 4.74 Å². The average molecular weight is 433 g/mol. The molecule has 164 valence electrons. The number of hydrogen-bond donors (Lipinski definition) is 0. The van der Waals surface area contributed by atoms with Crippen LogP contribution in [0.2, 0.25) is 0 Å². The number of methoxy groups -OCH3 is 1. The Morgan fingerprint density at radius 2 is 1.30 bits per heavy atom. The van der Waals surface area contributed by atoms with E-state index in [0.717, 1.165) is 17.7 Å². The summed E-state index contributed by atoms with van der Waals surface area (Å²) in [6, 6.07) is 37.6. The molecule has 0 N–H and O–H groups in total. The molecule has 33 heavy (non-hydrogen) atoms. The van der Waals surface area contributed by atoms with Gasteiger partial charge in [-0.25, -0.2) is 0 Å². The van der Waals surface area contributed by atoms with Gasteiger partial charge in [0, 0.05) is 22.8 Å². The molecule has 5 rings (SSSR count). The minimum Gasteiger partial charge on any atom is -0.497 e. The molecule has 1 aliphatic rings. The lowest BCUT2D eigenvalue weighted by molar-refractivity contribution is 0.0671. The van der Waals surface area contributed by atoms with Crippen molar-refractivity contribution < 1.29 is 9.53 Å². The van der Waals surface area contributed by atoms with Crippen LogP contribution in [0.1, 0.15) is 45.0 Å². The Morgan fingerprint density at radius 1 is 0.758 bits per heavy atom. The number of rotatable bonds is 6. The molecule has 0 aromatic heterocycles. The van der Waals surface area contributed by atoms with Crippen LogP contribution in [0.4, 0.5) is 0 Å². The summed E-state index contributed by atoms with van der Waals surface area (Å²) in [4.78, 5) is 13.8. The lowest BCUT2D eigenvalue weighted by Crippen LogP contribution is -2.53. The van der Waals surface area contributed by atoms with Gasteiger partial charge < -0.3 is 4.74 Å². The molecule has 2 atom stereocenters. The molecule has 0 amide bonds. The average Bonchev–Trinajstić information content (AvgIpc) is 2.86. The number of aryl methyl sites for hydroxylation is 1. The Labute approximate surface area is 195 Å². The highest BCUT2D eigenvalue weighted by Gasteiger charge is 2.58. The highest BCUT2D eigenvalue weighted by molar-refractivity contribution is 6.00. The van der Waals surface area contributed by atoms with Gasteiger partial charge in [0.25, 0.3) is 0 Å². The van der Waals surface area contributed by atoms with E-state index in [1.807, 2.05) is 24.3 Å². The normalized spacial score (nSPS) is 18.8. The molecule has 0 radical (unpaired) electrons. The molecule has 4 aromatic carbocycles. The first-order valence-corrected chi connectivity index (χ1v) is 11.5. The first-order valence-electron chi connectivity index (χ1n) is 11.5. The summed E-state index contributed by atoms with van der Waals surface area (Å²) in [6.45, 7) is 2.10. The second kappa shape index (κ2) is 8.71. The molecule has 0 bridgehead atoms. The number of ketones is 1. The topological polar surface area (TPSA) is 26.3 Å². The Kier molecular flexibility index (Phi) is 5.60. The first-order chi connectivity index (χ1) is 16.1. The number of benzene rings is 4. The van der Waals surface area contributed by atoms with Crippen LogP contribution >= 0.6 is 0 Å². The van der Waals surface area contributed by atoms with Gasteiger partial charge >= 0.3 is 0 Å². The van der Waals surface area contributed by atoms with E-state index in [9.17, 15) is 4.79 Å². The van der Waals surface area contributed by atoms with Crippen molar-refractivity contribution in [2.24, 2.45) is 5.92 Å². The Hall–Kier alpha value is -3.65. The first kappa shape index (κ1) is 21.2. The van der Waals surface area contributed by atoms with Crippen LogP contribution < -0.4 is 4.74 Å². The van der Waals surface area contributed by atoms with Crippen LogP contribution in [-0.2, 0) is 5.41 Å². The van der Waals surface area contributed by atoms with E-state index in [2.05, 4.69) is 91.9 Å². The van der Waals surface area contributed by atoms with Gasteiger partial charge in [-0.1, -0.05) is 90.5 Å². The van der Waals surface area contributed by atoms with Gasteiger partial charge in [0.05, 0.1) is 7.11 Å². The molecule has 0 spiro atoms. The number of carbonyl (C=O) groups excluding carboxylic acids is 1. The zero-order valence-corrected chi connectivity index (χ0v) is 19.1. The minimum absolute atomic E-state index is 0.0532. The van der Waals surface area contributed by atoms with E-state index in [1.54, 1.807) is 7.11 Å². The molecule has 0 heterocycles. The van der Waals surface area contributed by atoms with E-state index in [0.29, 0.717) is 0 Å². The van der Waals surface area contributed by atoms with Gasteiger partial charge in [0.1, 0.15) is 5.75 Å². The fourth-order valence-electron chi connectivity index (χ4n) is 5.51. The molecule has 1 aliphatic carbocycles. The van der Waals surface area contributed by atoms with Gasteiger partial charge in [-0.2, -0.15) is 0 Å². The van der Waals surface area contributed by atoms with Gasteiger partial charge in [-0.15, -0.1) is 0 Å². The van der Waals surface area contributed by atoms with Gasteiger partial charge in [-0.3, -0.25) is 4.79 Å². The number of carbonyl (C=O) groups is 1. The lowest BCUT2D eigenvalue weighted by atomic mass is 9.45. The maximum Gasteiger partial charge on any atom is 0.166 e. The zero-order valence-electron chi connectivity index (χ0n) is 19.1. The van der Waals surface area contributed by atoms with Crippen molar-refractivity contribution in [2.45, 2.75) is 24.7 Å². The smallest absolute Gasteiger partial charge is 0.166 e. The van der Waals surface area contributed by atoms with E-state index in [-0.39, 0.29) is 23.0 Å². The second-order valence-corrected chi connectivity index (χ2v) is 9.00. The monoisotopic (exact) mass is 432 g/mol. The van der Waals surface area contributed by atoms with Crippen molar-refractivity contribution >= 4 is 5.78 Å². The third kappa shape index (κ3) is 3.66. The molecule has 0 aliphatic heterocycles. The third-order valence-corrected chi connectivity index (χ3v) is 7.20. The second-order valence-electron chi connectivity index (χ2n) is 9.00. The summed E-state index contributed by atoms with van der Waals surface area (Å²) in [5.41, 5.74) is 5.46. The molecule has 4 aromatic rings. The van der Waals surface area contributed by atoms with E-state index >= 15 is 0 Å². The number of hydrogen-bond acceptors (Lipinski definition) is 2. The molecule has 1 fully saturated rings. The van der Waals surface area contributed by atoms with Crippen molar-refractivity contribution in [3.63, 3.8) is 0 Å². The summed E-state index contributed by atoms with van der Waals surface area (Å²) in [6.07, 6.45) is 0.782. The Bertz CT molecular complexity index is 1190. The van der Waals surface area contributed by atoms with E-state index in [1.165, 1.54) is 22.3 Å². The summed E-state index contributed by atoms with van der Waals surface area (Å²) >= 11 is 0. The highest BCUT2D eigenvalue weighted by atomic mass is 16.5. The van der Waals surface area contributed by atoms with Gasteiger partial charge in [0.15, 0.2) is 5.78 Å². The van der Waals surface area contributed by atoms with Crippen LogP contribution in [0, 0.1) is 12.8 Å². The minimum atomic E-state index is -0.245. The van der Waals surface area contributed by atoms with Gasteiger partial charge in [-0.05, 0) is 54.3 Å². The molecule has 1 unspecified atom stereocenters. The van der Waals surface area contributed by atoms with Crippen molar-refractivity contribution in [3.05, 3.63) is 137 Å². The Morgan fingerprint density at radius 3 is 1.82 bits per heavy atom. The molecule has 0 saturated heterocycles. The fraction of sp³-hybridized carbons (Fsp3) is 0.194. The third-order valence-electron chi connectivity index (χ3n) is 7.20. The fourth-order valence-corrected chi connectivity index (χ4v) is 5.51. The largest absolute Gasteiger partial charge is 0.497 e. The van der Waals surface area contributed by atoms with Crippen LogP contribution in [0.5, 0.6) is 5.75 Å². The lowest BCUT2D eigenvalue weighted by Gasteiger charge is -2.56. The SMILES string of the molecule is COc1ccc(C(=O)C2CC(c3ccccc3)(c3ccccc3)[C@H]2c2ccc(C)cc2)cc1. The van der Waals surface area contributed by atoms with Crippen LogP contribution in [0.3, 0.4) is 0 Å². The molecular weight excluding hydrogens is 404 g/mol. The number of Topliss-reactive ketones (excluding diaryl/α,β-unsaturated/α-hetero) is 1. The van der Waals surface area contributed by atoms with Crippen molar-refractivity contribution in [1.29, 1.82) is 0 Å². The predicted molar refractivity (Wildman–Crippen MR) is 133 cm³/mol. The molecule has 1 saturated carbocycles. The van der Waals surface area contributed by atoms with Crippen molar-refractivity contribution in [3.8, 4) is 5.75 Å². The quantitative estimate of drug-likeness (QED) is 0.307. The molecular formula is C31H28O2. The molecule has 2 heteroatoms. The predicted octanol–water partition coefficient (Wildman–Crippen LogP) is 6.98. The maximum absolute atomic E-state index is 13.8. The zero-order chi connectivity index (χ0) is 22.8. The summed E-state index contributed by atoms with van der Waals surface area (Å²) in [7, 11) is 1.64. The summed E-state index contributed by atoms with van der Waals surface area (Å²) in [5, 5.41) is 0. The maximum atomic E-state index is 13.8. The van der Waals surface area contributed by atoms with Crippen molar-refractivity contribution in [1.82, 2.24) is 0 Å².